The van der Waals surface area contributed by atoms with E-state index >= 15 is 0 Å². The number of aryl methyl sites for hydroxylation is 2. The minimum Gasteiger partial charge on any atom is -0.293 e. The van der Waals surface area contributed by atoms with Gasteiger partial charge in [-0.2, -0.15) is 0 Å². The van der Waals surface area contributed by atoms with Gasteiger partial charge in [-0.15, -0.1) is 11.3 Å². The third-order valence-corrected chi connectivity index (χ3v) is 5.64. The Morgan fingerprint density at radius 3 is 2.67 bits per heavy atom. The van der Waals surface area contributed by atoms with E-state index < -0.39 is 6.67 Å². The van der Waals surface area contributed by atoms with Crippen LogP contribution in [-0.2, 0) is 13.0 Å². The van der Waals surface area contributed by atoms with Crippen molar-refractivity contribution in [2.24, 2.45) is 0 Å². The van der Waals surface area contributed by atoms with Gasteiger partial charge in [-0.3, -0.25) is 9.36 Å². The Morgan fingerprint density at radius 1 is 1.29 bits per heavy atom. The molecule has 0 atom stereocenters. The number of hydrogen-bond acceptors (Lipinski definition) is 3. The number of nitrogens with zero attached hydrogens (tertiary/aromatic N) is 2. The predicted octanol–water partition coefficient (Wildman–Crippen LogP) is 5.27. The number of rotatable bonds is 4. The van der Waals surface area contributed by atoms with Crippen LogP contribution in [-0.4, -0.2) is 16.2 Å². The number of aromatic nitrogens is 2. The molecule has 0 saturated carbocycles. The molecule has 2 heterocycles. The van der Waals surface area contributed by atoms with Gasteiger partial charge in [0.15, 0.2) is 0 Å². The van der Waals surface area contributed by atoms with Crippen LogP contribution in [0, 0.1) is 6.92 Å². The molecule has 0 aliphatic rings. The summed E-state index contributed by atoms with van der Waals surface area (Å²) >= 11 is 13.6. The maximum absolute atomic E-state index is 13.0. The first-order valence-corrected chi connectivity index (χ1v) is 9.09. The Labute approximate surface area is 152 Å². The van der Waals surface area contributed by atoms with Crippen molar-refractivity contribution in [1.29, 1.82) is 0 Å². The van der Waals surface area contributed by atoms with Crippen molar-refractivity contribution in [3.8, 4) is 11.1 Å². The van der Waals surface area contributed by atoms with E-state index in [0.29, 0.717) is 32.5 Å². The molecule has 0 amide bonds. The minimum absolute atomic E-state index is 0.0145. The summed E-state index contributed by atoms with van der Waals surface area (Å²) in [7, 11) is 0. The normalized spacial score (nSPS) is 11.4. The first-order chi connectivity index (χ1) is 11.5. The third kappa shape index (κ3) is 2.85. The van der Waals surface area contributed by atoms with Crippen molar-refractivity contribution in [2.75, 3.05) is 6.67 Å². The van der Waals surface area contributed by atoms with Crippen molar-refractivity contribution in [2.45, 2.75) is 26.8 Å². The predicted molar refractivity (Wildman–Crippen MR) is 99.4 cm³/mol. The van der Waals surface area contributed by atoms with Crippen LogP contribution in [0.1, 0.15) is 17.6 Å². The highest BCUT2D eigenvalue weighted by Gasteiger charge is 2.19. The first kappa shape index (κ1) is 17.4. The van der Waals surface area contributed by atoms with E-state index in [1.54, 1.807) is 12.1 Å². The summed E-state index contributed by atoms with van der Waals surface area (Å²) in [5.74, 6) is 0.604. The topological polar surface area (TPSA) is 34.9 Å². The molecular weight excluding hydrogens is 370 g/mol. The summed E-state index contributed by atoms with van der Waals surface area (Å²) in [4.78, 5) is 19.2. The molecule has 0 aliphatic heterocycles. The fraction of sp³-hybridized carbons (Fsp3) is 0.294. The van der Waals surface area contributed by atoms with E-state index in [9.17, 15) is 9.18 Å². The Hall–Kier alpha value is -1.43. The minimum atomic E-state index is -0.606. The average Bonchev–Trinajstić information content (AvgIpc) is 2.89. The van der Waals surface area contributed by atoms with Gasteiger partial charge in [-0.25, -0.2) is 9.37 Å². The molecule has 7 heteroatoms. The smallest absolute Gasteiger partial charge is 0.263 e. The van der Waals surface area contributed by atoms with Gasteiger partial charge < -0.3 is 0 Å². The number of thiophene rings is 1. The lowest BCUT2D eigenvalue weighted by Crippen LogP contribution is -2.25. The molecule has 0 aliphatic carbocycles. The Balaban J connectivity index is 2.36. The van der Waals surface area contributed by atoms with Gasteiger partial charge in [0.2, 0.25) is 0 Å². The van der Waals surface area contributed by atoms with Crippen LogP contribution in [0.25, 0.3) is 21.3 Å². The summed E-state index contributed by atoms with van der Waals surface area (Å²) in [5, 5.41) is 1.40. The van der Waals surface area contributed by atoms with Gasteiger partial charge in [0.05, 0.1) is 22.0 Å². The largest absolute Gasteiger partial charge is 0.293 e. The summed E-state index contributed by atoms with van der Waals surface area (Å²) in [5.41, 5.74) is 1.39. The van der Waals surface area contributed by atoms with Crippen LogP contribution in [0.3, 0.4) is 0 Å². The molecule has 0 unspecified atom stereocenters. The fourth-order valence-electron chi connectivity index (χ4n) is 2.82. The quantitative estimate of drug-likeness (QED) is 0.613. The van der Waals surface area contributed by atoms with Gasteiger partial charge in [-0.1, -0.05) is 36.2 Å². The standard InChI is InChI=1S/C17H15Cl2FN2OS/c1-3-13-21-16-15(17(23)22(13)7-6-20)14(9(2)24-16)10-4-5-11(18)12(19)8-10/h4-5,8H,3,6-7H2,1-2H3. The van der Waals surface area contributed by atoms with Crippen LogP contribution in [0.2, 0.25) is 10.0 Å². The average molecular weight is 385 g/mol. The van der Waals surface area contributed by atoms with Gasteiger partial charge in [0.1, 0.15) is 17.3 Å². The molecule has 24 heavy (non-hydrogen) atoms. The molecule has 0 radical (unpaired) electrons. The van der Waals surface area contributed by atoms with Gasteiger partial charge in [-0.05, 0) is 24.6 Å². The molecule has 0 fully saturated rings. The molecule has 126 valence electrons. The third-order valence-electron chi connectivity index (χ3n) is 3.90. The van der Waals surface area contributed by atoms with Crippen molar-refractivity contribution in [3.63, 3.8) is 0 Å². The summed E-state index contributed by atoms with van der Waals surface area (Å²) < 4.78 is 14.3. The monoisotopic (exact) mass is 384 g/mol. The zero-order valence-corrected chi connectivity index (χ0v) is 15.5. The fourth-order valence-corrected chi connectivity index (χ4v) is 4.17. The number of benzene rings is 1. The SMILES string of the molecule is CCc1nc2sc(C)c(-c3ccc(Cl)c(Cl)c3)c2c(=O)n1CCF. The number of hydrogen-bond donors (Lipinski definition) is 0. The van der Waals surface area contributed by atoms with Crippen LogP contribution in [0.4, 0.5) is 4.39 Å². The van der Waals surface area contributed by atoms with Crippen molar-refractivity contribution in [1.82, 2.24) is 9.55 Å². The van der Waals surface area contributed by atoms with Gasteiger partial charge in [0.25, 0.3) is 5.56 Å². The van der Waals surface area contributed by atoms with E-state index in [2.05, 4.69) is 4.98 Å². The summed E-state index contributed by atoms with van der Waals surface area (Å²) in [6.07, 6.45) is 0.574. The molecular formula is C17H15Cl2FN2OS. The molecule has 0 spiro atoms. The highest BCUT2D eigenvalue weighted by Crippen LogP contribution is 2.38. The number of alkyl halides is 1. The van der Waals surface area contributed by atoms with Crippen LogP contribution in [0.5, 0.6) is 0 Å². The summed E-state index contributed by atoms with van der Waals surface area (Å²) in [6, 6.07) is 5.27. The molecule has 3 nitrogen and oxygen atoms in total. The zero-order valence-electron chi connectivity index (χ0n) is 13.2. The molecule has 3 rings (SSSR count). The molecule has 0 N–H and O–H groups in total. The number of fused-ring (bicyclic) bond motifs is 1. The molecule has 1 aromatic carbocycles. The van der Waals surface area contributed by atoms with E-state index in [1.165, 1.54) is 15.9 Å². The van der Waals surface area contributed by atoms with E-state index in [4.69, 9.17) is 23.2 Å². The van der Waals surface area contributed by atoms with Crippen molar-refractivity contribution in [3.05, 3.63) is 49.3 Å². The maximum Gasteiger partial charge on any atom is 0.263 e. The molecule has 2 aromatic heterocycles. The second-order valence-corrected chi connectivity index (χ2v) is 7.39. The molecule has 0 bridgehead atoms. The molecule has 0 saturated heterocycles. The summed E-state index contributed by atoms with van der Waals surface area (Å²) in [6.45, 7) is 3.25. The van der Waals surface area contributed by atoms with Crippen LogP contribution >= 0.6 is 34.5 Å². The Kier molecular flexibility index (Phi) is 4.95. The Bertz CT molecular complexity index is 981. The first-order valence-electron chi connectivity index (χ1n) is 7.52. The second kappa shape index (κ2) is 6.82. The molecule has 3 aromatic rings. The maximum atomic E-state index is 13.0. The van der Waals surface area contributed by atoms with Crippen LogP contribution < -0.4 is 5.56 Å². The van der Waals surface area contributed by atoms with Crippen LogP contribution in [0.15, 0.2) is 23.0 Å². The lowest BCUT2D eigenvalue weighted by atomic mass is 10.0. The van der Waals surface area contributed by atoms with Crippen molar-refractivity contribution < 1.29 is 4.39 Å². The highest BCUT2D eigenvalue weighted by atomic mass is 35.5. The Morgan fingerprint density at radius 2 is 2.04 bits per heavy atom. The lowest BCUT2D eigenvalue weighted by molar-refractivity contribution is 0.432. The highest BCUT2D eigenvalue weighted by molar-refractivity contribution is 7.19. The lowest BCUT2D eigenvalue weighted by Gasteiger charge is -2.10. The van der Waals surface area contributed by atoms with E-state index in [-0.39, 0.29) is 12.1 Å². The van der Waals surface area contributed by atoms with Gasteiger partial charge in [0, 0.05) is 16.9 Å². The number of halogens is 3. The van der Waals surface area contributed by atoms with E-state index in [0.717, 1.165) is 16.0 Å². The van der Waals surface area contributed by atoms with Crippen molar-refractivity contribution >= 4 is 44.8 Å². The zero-order chi connectivity index (χ0) is 17.4. The van der Waals surface area contributed by atoms with Gasteiger partial charge >= 0.3 is 0 Å². The second-order valence-electron chi connectivity index (χ2n) is 5.37. The van der Waals surface area contributed by atoms with E-state index in [1.807, 2.05) is 19.9 Å².